The fraction of sp³-hybridized carbons (Fsp3) is 0.250. The van der Waals surface area contributed by atoms with E-state index in [4.69, 9.17) is 14.9 Å². The Morgan fingerprint density at radius 2 is 1.96 bits per heavy atom. The van der Waals surface area contributed by atoms with Gasteiger partial charge in [0.1, 0.15) is 12.1 Å². The molecule has 27 heavy (non-hydrogen) atoms. The quantitative estimate of drug-likeness (QED) is 0.501. The van der Waals surface area contributed by atoms with Crippen molar-refractivity contribution < 1.29 is 9.15 Å². The highest BCUT2D eigenvalue weighted by molar-refractivity contribution is 5.85. The lowest BCUT2D eigenvalue weighted by Gasteiger charge is -2.09. The molecule has 7 heteroatoms. The molecule has 0 bridgehead atoms. The van der Waals surface area contributed by atoms with Crippen LogP contribution < -0.4 is 10.5 Å². The number of aromatic nitrogens is 4. The van der Waals surface area contributed by atoms with Gasteiger partial charge in [0.25, 0.3) is 0 Å². The molecule has 0 saturated heterocycles. The number of imidazole rings is 1. The molecule has 2 N–H and O–H groups in total. The van der Waals surface area contributed by atoms with E-state index in [1.807, 2.05) is 28.8 Å². The number of fused-ring (bicyclic) bond motifs is 1. The molecule has 0 unspecified atom stereocenters. The first-order chi connectivity index (χ1) is 13.3. The molecule has 0 atom stereocenters. The number of benzene rings is 1. The molecular weight excluding hydrogens is 342 g/mol. The molecular formula is C20H21N5O2. The molecule has 1 aromatic carbocycles. The first-order valence-corrected chi connectivity index (χ1v) is 8.99. The highest BCUT2D eigenvalue weighted by Crippen LogP contribution is 2.28. The average Bonchev–Trinajstić information content (AvgIpc) is 3.32. The van der Waals surface area contributed by atoms with Crippen molar-refractivity contribution in [3.05, 3.63) is 54.5 Å². The number of hydrogen-bond acceptors (Lipinski definition) is 6. The molecule has 0 saturated carbocycles. The number of hydrogen-bond donors (Lipinski definition) is 1. The largest absolute Gasteiger partial charge is 0.472 e. The van der Waals surface area contributed by atoms with Crippen LogP contribution in [0.15, 0.2) is 53.3 Å². The van der Waals surface area contributed by atoms with Crippen LogP contribution in [0.2, 0.25) is 0 Å². The summed E-state index contributed by atoms with van der Waals surface area (Å²) in [6.07, 6.45) is 5.25. The van der Waals surface area contributed by atoms with Gasteiger partial charge in [0, 0.05) is 0 Å². The average molecular weight is 363 g/mol. The van der Waals surface area contributed by atoms with E-state index in [9.17, 15) is 0 Å². The van der Waals surface area contributed by atoms with Crippen LogP contribution in [0.1, 0.15) is 25.3 Å². The van der Waals surface area contributed by atoms with Crippen molar-refractivity contribution in [2.24, 2.45) is 0 Å². The number of furan rings is 1. The summed E-state index contributed by atoms with van der Waals surface area (Å²) in [4.78, 5) is 13.5. The van der Waals surface area contributed by atoms with E-state index in [2.05, 4.69) is 34.0 Å². The summed E-state index contributed by atoms with van der Waals surface area (Å²) in [5.41, 5.74) is 9.36. The summed E-state index contributed by atoms with van der Waals surface area (Å²) >= 11 is 0. The summed E-state index contributed by atoms with van der Waals surface area (Å²) in [5, 5.41) is 0. The Hall–Kier alpha value is -3.35. The number of nitrogens with zero attached hydrogens (tertiary/aromatic N) is 4. The minimum Gasteiger partial charge on any atom is -0.472 e. The van der Waals surface area contributed by atoms with Gasteiger partial charge in [-0.3, -0.25) is 0 Å². The second-order valence-electron chi connectivity index (χ2n) is 6.28. The number of ether oxygens (including phenoxy) is 1. The van der Waals surface area contributed by atoms with Crippen molar-refractivity contribution in [2.75, 3.05) is 12.3 Å². The van der Waals surface area contributed by atoms with E-state index in [1.165, 1.54) is 0 Å². The molecule has 0 aliphatic carbocycles. The molecule has 0 spiro atoms. The Morgan fingerprint density at radius 3 is 2.70 bits per heavy atom. The molecule has 3 heterocycles. The number of nitrogen functional groups attached to an aromatic ring is 1. The smallest absolute Gasteiger partial charge is 0.320 e. The van der Waals surface area contributed by atoms with Gasteiger partial charge >= 0.3 is 6.01 Å². The van der Waals surface area contributed by atoms with Crippen LogP contribution in [0.3, 0.4) is 0 Å². The summed E-state index contributed by atoms with van der Waals surface area (Å²) in [6, 6.07) is 12.3. The second-order valence-corrected chi connectivity index (χ2v) is 6.28. The number of rotatable bonds is 7. The van der Waals surface area contributed by atoms with E-state index < -0.39 is 0 Å². The Labute approximate surface area is 156 Å². The predicted octanol–water partition coefficient (Wildman–Crippen LogP) is 3.90. The summed E-state index contributed by atoms with van der Waals surface area (Å²) in [6.45, 7) is 3.26. The maximum absolute atomic E-state index is 6.16. The summed E-state index contributed by atoms with van der Waals surface area (Å²) in [7, 11) is 0. The molecule has 0 fully saturated rings. The normalized spacial score (nSPS) is 11.1. The van der Waals surface area contributed by atoms with E-state index in [0.717, 1.165) is 29.8 Å². The Bertz CT molecular complexity index is 1030. The molecule has 0 radical (unpaired) electrons. The fourth-order valence-electron chi connectivity index (χ4n) is 2.90. The molecule has 4 rings (SSSR count). The lowest BCUT2D eigenvalue weighted by Crippen LogP contribution is -2.06. The van der Waals surface area contributed by atoms with Crippen LogP contribution in [-0.4, -0.2) is 26.1 Å². The van der Waals surface area contributed by atoms with Crippen LogP contribution in [0.4, 0.5) is 5.82 Å². The van der Waals surface area contributed by atoms with E-state index >= 15 is 0 Å². The van der Waals surface area contributed by atoms with Crippen molar-refractivity contribution in [1.29, 1.82) is 0 Å². The van der Waals surface area contributed by atoms with Crippen molar-refractivity contribution in [3.63, 3.8) is 0 Å². The third kappa shape index (κ3) is 3.48. The van der Waals surface area contributed by atoms with E-state index in [1.54, 1.807) is 12.5 Å². The zero-order chi connectivity index (χ0) is 18.6. The van der Waals surface area contributed by atoms with Crippen LogP contribution in [0, 0.1) is 0 Å². The molecule has 4 aromatic rings. The first kappa shape index (κ1) is 17.1. The van der Waals surface area contributed by atoms with Gasteiger partial charge in [-0.25, -0.2) is 4.98 Å². The first-order valence-electron chi connectivity index (χ1n) is 8.99. The van der Waals surface area contributed by atoms with Gasteiger partial charge in [0.05, 0.1) is 25.0 Å². The van der Waals surface area contributed by atoms with Gasteiger partial charge in [0.2, 0.25) is 0 Å². The highest BCUT2D eigenvalue weighted by Gasteiger charge is 2.19. The highest BCUT2D eigenvalue weighted by atomic mass is 16.5. The van der Waals surface area contributed by atoms with Gasteiger partial charge < -0.3 is 19.5 Å². The van der Waals surface area contributed by atoms with Crippen LogP contribution >= 0.6 is 0 Å². The van der Waals surface area contributed by atoms with Crippen molar-refractivity contribution in [1.82, 2.24) is 19.5 Å². The molecule has 3 aromatic heterocycles. The lowest BCUT2D eigenvalue weighted by molar-refractivity contribution is 0.286. The van der Waals surface area contributed by atoms with Gasteiger partial charge in [-0.05, 0) is 18.1 Å². The third-order valence-corrected chi connectivity index (χ3v) is 4.29. The molecule has 0 aliphatic heterocycles. The topological polar surface area (TPSA) is 92.0 Å². The Morgan fingerprint density at radius 1 is 1.11 bits per heavy atom. The van der Waals surface area contributed by atoms with Crippen LogP contribution in [-0.2, 0) is 6.54 Å². The van der Waals surface area contributed by atoms with Crippen molar-refractivity contribution in [2.45, 2.75) is 26.3 Å². The van der Waals surface area contributed by atoms with Crippen molar-refractivity contribution >= 4 is 17.0 Å². The zero-order valence-electron chi connectivity index (χ0n) is 15.1. The standard InChI is InChI=1S/C20H21N5O2/c1-2-3-10-27-20-23-17(21)16-19(24-20)25(12-14-7-5-4-6-8-14)18(22-16)15-9-11-26-13-15/h4-9,11,13H,2-3,10,12H2,1H3,(H2,21,23,24). The number of nitrogens with two attached hydrogens (primary N) is 1. The minimum atomic E-state index is 0.279. The number of unbranched alkanes of at least 4 members (excludes halogenated alkanes) is 1. The van der Waals surface area contributed by atoms with Crippen LogP contribution in [0.5, 0.6) is 6.01 Å². The predicted molar refractivity (Wildman–Crippen MR) is 103 cm³/mol. The Balaban J connectivity index is 1.83. The monoisotopic (exact) mass is 363 g/mol. The molecule has 7 nitrogen and oxygen atoms in total. The maximum Gasteiger partial charge on any atom is 0.320 e. The van der Waals surface area contributed by atoms with Gasteiger partial charge in [0.15, 0.2) is 17.0 Å². The molecule has 0 aliphatic rings. The van der Waals surface area contributed by atoms with Gasteiger partial charge in [-0.2, -0.15) is 9.97 Å². The third-order valence-electron chi connectivity index (χ3n) is 4.29. The lowest BCUT2D eigenvalue weighted by atomic mass is 10.2. The van der Waals surface area contributed by atoms with Gasteiger partial charge in [-0.1, -0.05) is 43.7 Å². The molecule has 0 amide bonds. The molecule has 138 valence electrons. The van der Waals surface area contributed by atoms with E-state index in [0.29, 0.717) is 30.1 Å². The van der Waals surface area contributed by atoms with E-state index in [-0.39, 0.29) is 6.01 Å². The number of anilines is 1. The summed E-state index contributed by atoms with van der Waals surface area (Å²) in [5.74, 6) is 1.04. The zero-order valence-corrected chi connectivity index (χ0v) is 15.1. The van der Waals surface area contributed by atoms with Crippen LogP contribution in [0.25, 0.3) is 22.6 Å². The minimum absolute atomic E-state index is 0.279. The summed E-state index contributed by atoms with van der Waals surface area (Å²) < 4.78 is 12.9. The Kier molecular flexibility index (Phi) is 4.74. The SMILES string of the molecule is CCCCOc1nc(N)c2nc(-c3ccoc3)n(Cc3ccccc3)c2n1. The fourth-order valence-corrected chi connectivity index (χ4v) is 2.90. The second kappa shape index (κ2) is 7.49. The van der Waals surface area contributed by atoms with Gasteiger partial charge in [-0.15, -0.1) is 0 Å². The van der Waals surface area contributed by atoms with Crippen molar-refractivity contribution in [3.8, 4) is 17.4 Å². The maximum atomic E-state index is 6.16.